The Morgan fingerprint density at radius 2 is 1.70 bits per heavy atom. The lowest BCUT2D eigenvalue weighted by atomic mass is 10.2. The molecule has 4 aromatic rings. The van der Waals surface area contributed by atoms with Crippen LogP contribution in [0.5, 0.6) is 0 Å². The van der Waals surface area contributed by atoms with E-state index in [0.717, 1.165) is 15.7 Å². The van der Waals surface area contributed by atoms with Crippen LogP contribution in [0.15, 0.2) is 70.3 Å². The topological polar surface area (TPSA) is 102 Å². The van der Waals surface area contributed by atoms with E-state index in [1.807, 2.05) is 30.3 Å². The quantitative estimate of drug-likeness (QED) is 0.512. The molecular formula is C22H19N5O3. The molecule has 1 amide bonds. The summed E-state index contributed by atoms with van der Waals surface area (Å²) in [5.41, 5.74) is 1.97. The van der Waals surface area contributed by atoms with Gasteiger partial charge in [0.1, 0.15) is 11.3 Å². The monoisotopic (exact) mass is 401 g/mol. The molecule has 0 bridgehead atoms. The van der Waals surface area contributed by atoms with Crippen molar-refractivity contribution >= 4 is 28.8 Å². The minimum atomic E-state index is -0.438. The third-order valence-corrected chi connectivity index (χ3v) is 4.75. The second-order valence-corrected chi connectivity index (χ2v) is 6.80. The number of carbonyl (C=O) groups is 1. The number of aromatic nitrogens is 4. The number of nitrogens with one attached hydrogen (secondary N) is 2. The number of hydrogen-bond acceptors (Lipinski definition) is 4. The van der Waals surface area contributed by atoms with Crippen LogP contribution in [0.25, 0.3) is 28.6 Å². The van der Waals surface area contributed by atoms with Crippen molar-refractivity contribution in [3.05, 3.63) is 87.1 Å². The van der Waals surface area contributed by atoms with Crippen LogP contribution in [0.2, 0.25) is 0 Å². The first-order valence-corrected chi connectivity index (χ1v) is 9.24. The molecular weight excluding hydrogens is 382 g/mol. The van der Waals surface area contributed by atoms with Gasteiger partial charge in [-0.05, 0) is 35.9 Å². The van der Waals surface area contributed by atoms with Crippen molar-refractivity contribution in [2.24, 2.45) is 14.1 Å². The Labute approximate surface area is 171 Å². The van der Waals surface area contributed by atoms with Gasteiger partial charge in [-0.3, -0.25) is 18.7 Å². The fourth-order valence-electron chi connectivity index (χ4n) is 3.09. The van der Waals surface area contributed by atoms with Crippen LogP contribution in [-0.2, 0) is 18.9 Å². The molecule has 8 heteroatoms. The van der Waals surface area contributed by atoms with Gasteiger partial charge in [-0.2, -0.15) is 0 Å². The van der Waals surface area contributed by atoms with Gasteiger partial charge >= 0.3 is 5.69 Å². The van der Waals surface area contributed by atoms with E-state index in [1.54, 1.807) is 37.4 Å². The molecule has 0 saturated heterocycles. The summed E-state index contributed by atoms with van der Waals surface area (Å²) in [7, 11) is 2.99. The summed E-state index contributed by atoms with van der Waals surface area (Å²) in [6.07, 6.45) is 3.21. The lowest BCUT2D eigenvalue weighted by Crippen LogP contribution is -2.36. The molecule has 0 spiro atoms. The van der Waals surface area contributed by atoms with Gasteiger partial charge in [-0.1, -0.05) is 30.3 Å². The minimum absolute atomic E-state index is 0.242. The lowest BCUT2D eigenvalue weighted by Gasteiger charge is -2.03. The van der Waals surface area contributed by atoms with Gasteiger partial charge in [0.25, 0.3) is 5.56 Å². The number of rotatable bonds is 4. The van der Waals surface area contributed by atoms with E-state index in [4.69, 9.17) is 0 Å². The van der Waals surface area contributed by atoms with Crippen LogP contribution >= 0.6 is 0 Å². The first kappa shape index (κ1) is 19.1. The van der Waals surface area contributed by atoms with Crippen LogP contribution in [0, 0.1) is 0 Å². The summed E-state index contributed by atoms with van der Waals surface area (Å²) in [6.45, 7) is 0. The van der Waals surface area contributed by atoms with Gasteiger partial charge in [0, 0.05) is 31.4 Å². The number of H-pyrrole nitrogens is 1. The Hall–Kier alpha value is -4.20. The van der Waals surface area contributed by atoms with Crippen molar-refractivity contribution in [1.82, 2.24) is 19.1 Å². The molecule has 150 valence electrons. The first-order chi connectivity index (χ1) is 14.4. The Morgan fingerprint density at radius 1 is 1.00 bits per heavy atom. The smallest absolute Gasteiger partial charge is 0.332 e. The molecule has 2 heterocycles. The number of nitrogens with zero attached hydrogens (tertiary/aromatic N) is 3. The molecule has 0 unspecified atom stereocenters. The Morgan fingerprint density at radius 3 is 2.40 bits per heavy atom. The van der Waals surface area contributed by atoms with Crippen LogP contribution in [-0.4, -0.2) is 25.0 Å². The normalized spacial score (nSPS) is 11.3. The van der Waals surface area contributed by atoms with Gasteiger partial charge in [-0.15, -0.1) is 0 Å². The maximum Gasteiger partial charge on any atom is 0.332 e. The number of benzene rings is 2. The maximum absolute atomic E-state index is 12.3. The van der Waals surface area contributed by atoms with Crippen molar-refractivity contribution < 1.29 is 4.79 Å². The van der Waals surface area contributed by atoms with E-state index in [0.29, 0.717) is 17.2 Å². The molecule has 30 heavy (non-hydrogen) atoms. The fourth-order valence-corrected chi connectivity index (χ4v) is 3.09. The van der Waals surface area contributed by atoms with Crippen LogP contribution in [0.3, 0.4) is 0 Å². The predicted octanol–water partition coefficient (Wildman–Crippen LogP) is 2.28. The zero-order valence-corrected chi connectivity index (χ0v) is 16.4. The molecule has 0 saturated carbocycles. The summed E-state index contributed by atoms with van der Waals surface area (Å²) in [5, 5.41) is 2.80. The van der Waals surface area contributed by atoms with E-state index in [9.17, 15) is 14.4 Å². The molecule has 4 rings (SSSR count). The van der Waals surface area contributed by atoms with E-state index in [-0.39, 0.29) is 11.4 Å². The summed E-state index contributed by atoms with van der Waals surface area (Å²) < 4.78 is 2.36. The molecule has 0 radical (unpaired) electrons. The third-order valence-electron chi connectivity index (χ3n) is 4.75. The van der Waals surface area contributed by atoms with Crippen molar-refractivity contribution in [3.8, 4) is 11.4 Å². The molecule has 0 aliphatic rings. The lowest BCUT2D eigenvalue weighted by molar-refractivity contribution is -0.111. The molecule has 0 aliphatic heterocycles. The predicted molar refractivity (Wildman–Crippen MR) is 116 cm³/mol. The average molecular weight is 401 g/mol. The zero-order chi connectivity index (χ0) is 21.3. The maximum atomic E-state index is 12.3. The highest BCUT2D eigenvalue weighted by molar-refractivity contribution is 6.02. The summed E-state index contributed by atoms with van der Waals surface area (Å²) in [5.74, 6) is 0.221. The molecule has 0 fully saturated rings. The first-order valence-electron chi connectivity index (χ1n) is 9.24. The molecule has 2 aromatic heterocycles. The van der Waals surface area contributed by atoms with Gasteiger partial charge in [-0.25, -0.2) is 9.78 Å². The summed E-state index contributed by atoms with van der Waals surface area (Å²) in [4.78, 5) is 43.9. The number of fused-ring (bicyclic) bond motifs is 1. The molecule has 8 nitrogen and oxygen atoms in total. The van der Waals surface area contributed by atoms with Crippen molar-refractivity contribution in [2.75, 3.05) is 5.32 Å². The van der Waals surface area contributed by atoms with E-state index >= 15 is 0 Å². The second kappa shape index (κ2) is 7.67. The van der Waals surface area contributed by atoms with Crippen molar-refractivity contribution in [2.45, 2.75) is 0 Å². The fraction of sp³-hybridized carbons (Fsp3) is 0.0909. The second-order valence-electron chi connectivity index (χ2n) is 6.80. The van der Waals surface area contributed by atoms with Crippen LogP contribution < -0.4 is 16.6 Å². The number of aryl methyl sites for hydroxylation is 1. The number of imidazole rings is 1. The largest absolute Gasteiger partial charge is 0.332 e. The van der Waals surface area contributed by atoms with Gasteiger partial charge < -0.3 is 10.3 Å². The average Bonchev–Trinajstić information content (AvgIpc) is 3.22. The van der Waals surface area contributed by atoms with Crippen molar-refractivity contribution in [3.63, 3.8) is 0 Å². The minimum Gasteiger partial charge on any atom is -0.332 e. The Bertz CT molecular complexity index is 1380. The van der Waals surface area contributed by atoms with Crippen molar-refractivity contribution in [1.29, 1.82) is 0 Å². The summed E-state index contributed by atoms with van der Waals surface area (Å²) in [6, 6.07) is 16.6. The number of carbonyl (C=O) groups excluding carboxylic acids is 1. The number of hydrogen-bond donors (Lipinski definition) is 2. The standard InChI is InChI=1S/C22H19N5O3/c1-26-20-18(21(29)27(2)22(26)30)24-19(25-20)15-9-11-16(12-10-15)23-17(28)13-8-14-6-4-3-5-7-14/h3-13H,1-2H3,(H,23,28)(H,24,25)/b13-8+. The number of aromatic amines is 1. The molecule has 0 aliphatic carbocycles. The Balaban J connectivity index is 1.55. The zero-order valence-electron chi connectivity index (χ0n) is 16.4. The van der Waals surface area contributed by atoms with Gasteiger partial charge in [0.05, 0.1) is 0 Å². The van der Waals surface area contributed by atoms with Crippen LogP contribution in [0.4, 0.5) is 5.69 Å². The van der Waals surface area contributed by atoms with E-state index in [2.05, 4.69) is 15.3 Å². The van der Waals surface area contributed by atoms with Gasteiger partial charge in [0.15, 0.2) is 5.65 Å². The number of anilines is 1. The highest BCUT2D eigenvalue weighted by atomic mass is 16.2. The van der Waals surface area contributed by atoms with E-state index < -0.39 is 11.2 Å². The highest BCUT2D eigenvalue weighted by Gasteiger charge is 2.14. The van der Waals surface area contributed by atoms with E-state index in [1.165, 1.54) is 17.7 Å². The molecule has 2 N–H and O–H groups in total. The highest BCUT2D eigenvalue weighted by Crippen LogP contribution is 2.20. The Kier molecular flexibility index (Phi) is 4.89. The number of amides is 1. The van der Waals surface area contributed by atoms with Gasteiger partial charge in [0.2, 0.25) is 5.91 Å². The molecule has 2 aromatic carbocycles. The SMILES string of the molecule is Cn1c(=O)c2[nH]c(-c3ccc(NC(=O)/C=C/c4ccccc4)cc3)nc2n(C)c1=O. The van der Waals surface area contributed by atoms with Crippen LogP contribution in [0.1, 0.15) is 5.56 Å². The molecule has 0 atom stereocenters. The third kappa shape index (κ3) is 3.58. The summed E-state index contributed by atoms with van der Waals surface area (Å²) >= 11 is 0.